The molecule has 1 aromatic rings. The zero-order valence-electron chi connectivity index (χ0n) is 11.9. The maximum absolute atomic E-state index is 5.68. The zero-order valence-corrected chi connectivity index (χ0v) is 13.5. The van der Waals surface area contributed by atoms with Gasteiger partial charge < -0.3 is 10.1 Å². The first-order valence-electron chi connectivity index (χ1n) is 6.65. The molecule has 0 aliphatic carbocycles. The highest BCUT2D eigenvalue weighted by molar-refractivity contribution is 9.10. The van der Waals surface area contributed by atoms with Gasteiger partial charge in [0.05, 0.1) is 6.61 Å². The van der Waals surface area contributed by atoms with Crippen LogP contribution in [0.3, 0.4) is 0 Å². The molecule has 3 heteroatoms. The molecule has 1 N–H and O–H groups in total. The average molecular weight is 324 g/mol. The first-order valence-corrected chi connectivity index (χ1v) is 7.44. The van der Waals surface area contributed by atoms with E-state index in [-0.39, 0.29) is 0 Å². The van der Waals surface area contributed by atoms with Crippen LogP contribution < -0.4 is 10.1 Å². The van der Waals surface area contributed by atoms with Crippen LogP contribution in [0.5, 0.6) is 5.75 Å². The number of rotatable bonds is 7. The van der Waals surface area contributed by atoms with Crippen molar-refractivity contribution in [2.75, 3.05) is 13.2 Å². The van der Waals surface area contributed by atoms with Crippen molar-refractivity contribution in [2.24, 2.45) is 5.92 Å². The van der Waals surface area contributed by atoms with Crippen LogP contribution in [0, 0.1) is 17.8 Å². The van der Waals surface area contributed by atoms with E-state index in [1.54, 1.807) is 0 Å². The summed E-state index contributed by atoms with van der Waals surface area (Å²) < 4.78 is 6.80. The van der Waals surface area contributed by atoms with Gasteiger partial charge in [-0.2, -0.15) is 0 Å². The van der Waals surface area contributed by atoms with Crippen LogP contribution in [-0.4, -0.2) is 13.2 Å². The van der Waals surface area contributed by atoms with Gasteiger partial charge in [-0.1, -0.05) is 29.8 Å². The first kappa shape index (κ1) is 16.1. The number of halogens is 1. The molecule has 2 nitrogen and oxygen atoms in total. The minimum atomic E-state index is 0.640. The Bertz CT molecular complexity index is 446. The number of nitrogens with one attached hydrogen (secondary N) is 1. The van der Waals surface area contributed by atoms with E-state index in [4.69, 9.17) is 4.74 Å². The molecule has 104 valence electrons. The second-order valence-corrected chi connectivity index (χ2v) is 5.66. The van der Waals surface area contributed by atoms with Crippen molar-refractivity contribution in [1.82, 2.24) is 5.32 Å². The average Bonchev–Trinajstić information content (AvgIpc) is 2.37. The van der Waals surface area contributed by atoms with E-state index in [2.05, 4.69) is 53.0 Å². The predicted octanol–water partition coefficient (Wildman–Crippen LogP) is 3.99. The topological polar surface area (TPSA) is 21.3 Å². The predicted molar refractivity (Wildman–Crippen MR) is 84.2 cm³/mol. The molecule has 0 atom stereocenters. The monoisotopic (exact) mass is 323 g/mol. The van der Waals surface area contributed by atoms with E-state index >= 15 is 0 Å². The molecular weight excluding hydrogens is 302 g/mol. The smallest absolute Gasteiger partial charge is 0.119 e. The maximum atomic E-state index is 5.68. The highest BCUT2D eigenvalue weighted by atomic mass is 79.9. The lowest BCUT2D eigenvalue weighted by Crippen LogP contribution is -2.19. The molecule has 0 saturated heterocycles. The van der Waals surface area contributed by atoms with Gasteiger partial charge in [0.25, 0.3) is 0 Å². The standard InChI is InChI=1S/C16H22BrNO/c1-4-5-6-9-19-15-7-8-16(17)14(10-15)12-18-11-13(2)3/h7-8,10,13,18H,6,9,11-12H2,1-3H3. The normalized spacial score (nSPS) is 10.2. The van der Waals surface area contributed by atoms with E-state index in [9.17, 15) is 0 Å². The first-order chi connectivity index (χ1) is 9.13. The van der Waals surface area contributed by atoms with E-state index < -0.39 is 0 Å². The van der Waals surface area contributed by atoms with Crippen molar-refractivity contribution in [2.45, 2.75) is 33.7 Å². The van der Waals surface area contributed by atoms with E-state index in [1.807, 2.05) is 19.1 Å². The molecule has 0 heterocycles. The lowest BCUT2D eigenvalue weighted by Gasteiger charge is -2.11. The summed E-state index contributed by atoms with van der Waals surface area (Å²) in [4.78, 5) is 0. The number of benzene rings is 1. The van der Waals surface area contributed by atoms with Crippen LogP contribution in [0.25, 0.3) is 0 Å². The third-order valence-electron chi connectivity index (χ3n) is 2.56. The second kappa shape index (κ2) is 9.01. The van der Waals surface area contributed by atoms with Gasteiger partial charge in [0, 0.05) is 17.4 Å². The summed E-state index contributed by atoms with van der Waals surface area (Å²) >= 11 is 3.57. The Morgan fingerprint density at radius 1 is 1.37 bits per heavy atom. The Hall–Kier alpha value is -0.980. The van der Waals surface area contributed by atoms with Gasteiger partial charge in [0.15, 0.2) is 0 Å². The van der Waals surface area contributed by atoms with Crippen molar-refractivity contribution < 1.29 is 4.74 Å². The molecule has 0 aromatic heterocycles. The fraction of sp³-hybridized carbons (Fsp3) is 0.500. The SMILES string of the molecule is CC#CCCOc1ccc(Br)c(CNCC(C)C)c1. The summed E-state index contributed by atoms with van der Waals surface area (Å²) in [6, 6.07) is 6.10. The Morgan fingerprint density at radius 2 is 2.16 bits per heavy atom. The van der Waals surface area contributed by atoms with Crippen molar-refractivity contribution in [1.29, 1.82) is 0 Å². The highest BCUT2D eigenvalue weighted by Gasteiger charge is 2.03. The summed E-state index contributed by atoms with van der Waals surface area (Å²) in [7, 11) is 0. The molecule has 1 rings (SSSR count). The molecule has 0 fully saturated rings. The molecule has 0 amide bonds. The van der Waals surface area contributed by atoms with Crippen molar-refractivity contribution in [3.63, 3.8) is 0 Å². The Balaban J connectivity index is 2.52. The minimum absolute atomic E-state index is 0.640. The molecule has 0 unspecified atom stereocenters. The zero-order chi connectivity index (χ0) is 14.1. The fourth-order valence-corrected chi connectivity index (χ4v) is 2.00. The van der Waals surface area contributed by atoms with E-state index in [0.29, 0.717) is 12.5 Å². The lowest BCUT2D eigenvalue weighted by atomic mass is 10.2. The molecular formula is C16H22BrNO. The van der Waals surface area contributed by atoms with Gasteiger partial charge >= 0.3 is 0 Å². The van der Waals surface area contributed by atoms with Gasteiger partial charge in [0.2, 0.25) is 0 Å². The summed E-state index contributed by atoms with van der Waals surface area (Å²) in [5.74, 6) is 7.42. The summed E-state index contributed by atoms with van der Waals surface area (Å²) in [5, 5.41) is 3.44. The van der Waals surface area contributed by atoms with Crippen molar-refractivity contribution in [3.8, 4) is 17.6 Å². The van der Waals surface area contributed by atoms with Crippen LogP contribution in [0.2, 0.25) is 0 Å². The minimum Gasteiger partial charge on any atom is -0.493 e. The largest absolute Gasteiger partial charge is 0.493 e. The summed E-state index contributed by atoms with van der Waals surface area (Å²) in [6.45, 7) is 8.76. The Morgan fingerprint density at radius 3 is 2.84 bits per heavy atom. The quantitative estimate of drug-likeness (QED) is 0.605. The van der Waals surface area contributed by atoms with Crippen molar-refractivity contribution in [3.05, 3.63) is 28.2 Å². The fourth-order valence-electron chi connectivity index (χ4n) is 1.62. The lowest BCUT2D eigenvalue weighted by molar-refractivity contribution is 0.326. The third kappa shape index (κ3) is 6.66. The summed E-state index contributed by atoms with van der Waals surface area (Å²) in [5.41, 5.74) is 1.22. The van der Waals surface area contributed by atoms with Crippen LogP contribution in [0.1, 0.15) is 32.8 Å². The van der Waals surface area contributed by atoms with Gasteiger partial charge in [-0.15, -0.1) is 11.8 Å². The Kier molecular flexibility index (Phi) is 7.62. The molecule has 0 radical (unpaired) electrons. The third-order valence-corrected chi connectivity index (χ3v) is 3.33. The van der Waals surface area contributed by atoms with Crippen LogP contribution >= 0.6 is 15.9 Å². The maximum Gasteiger partial charge on any atom is 0.119 e. The van der Waals surface area contributed by atoms with Gasteiger partial charge in [-0.3, -0.25) is 0 Å². The number of ether oxygens (including phenoxy) is 1. The second-order valence-electron chi connectivity index (χ2n) is 4.80. The highest BCUT2D eigenvalue weighted by Crippen LogP contribution is 2.22. The van der Waals surface area contributed by atoms with Gasteiger partial charge in [0.1, 0.15) is 5.75 Å². The van der Waals surface area contributed by atoms with Crippen LogP contribution in [-0.2, 0) is 6.54 Å². The van der Waals surface area contributed by atoms with E-state index in [0.717, 1.165) is 29.7 Å². The molecule has 0 saturated carbocycles. The molecule has 0 aliphatic rings. The number of hydrogen-bond acceptors (Lipinski definition) is 2. The molecule has 1 aromatic carbocycles. The Labute approximate surface area is 125 Å². The van der Waals surface area contributed by atoms with Gasteiger partial charge in [-0.25, -0.2) is 0 Å². The van der Waals surface area contributed by atoms with Crippen LogP contribution in [0.4, 0.5) is 0 Å². The molecule has 19 heavy (non-hydrogen) atoms. The molecule has 0 aliphatic heterocycles. The van der Waals surface area contributed by atoms with Crippen LogP contribution in [0.15, 0.2) is 22.7 Å². The number of hydrogen-bond donors (Lipinski definition) is 1. The van der Waals surface area contributed by atoms with E-state index in [1.165, 1.54) is 5.56 Å². The van der Waals surface area contributed by atoms with Gasteiger partial charge in [-0.05, 0) is 43.1 Å². The van der Waals surface area contributed by atoms with Crippen molar-refractivity contribution >= 4 is 15.9 Å². The molecule has 0 spiro atoms. The molecule has 0 bridgehead atoms. The summed E-state index contributed by atoms with van der Waals surface area (Å²) in [6.07, 6.45) is 0.771.